The van der Waals surface area contributed by atoms with E-state index in [0.29, 0.717) is 5.56 Å². The number of carbonyl (C=O) groups excluding carboxylic acids is 1. The maximum absolute atomic E-state index is 12.5. The maximum atomic E-state index is 12.5. The fourth-order valence-electron chi connectivity index (χ4n) is 6.19. The Morgan fingerprint density at radius 3 is 2.09 bits per heavy atom. The van der Waals surface area contributed by atoms with E-state index in [9.17, 15) is 50.8 Å². The number of hydrogen-bond donors (Lipinski definition) is 9. The van der Waals surface area contributed by atoms with E-state index < -0.39 is 79.7 Å². The smallest absolute Gasteiger partial charge is 0.402 e. The first-order valence-corrected chi connectivity index (χ1v) is 17.1. The van der Waals surface area contributed by atoms with Gasteiger partial charge in [-0.05, 0) is 30.7 Å². The van der Waals surface area contributed by atoms with Crippen LogP contribution in [-0.2, 0) is 23.7 Å². The summed E-state index contributed by atoms with van der Waals surface area (Å²) in [6.45, 7) is 0.876. The highest BCUT2D eigenvalue weighted by atomic mass is 16.7. The largest absolute Gasteiger partial charge is 0.508 e. The van der Waals surface area contributed by atoms with Gasteiger partial charge in [0.2, 0.25) is 17.8 Å². The van der Waals surface area contributed by atoms with Gasteiger partial charge in [-0.2, -0.15) is 0 Å². The number of phenols is 4. The quantitative estimate of drug-likeness (QED) is 0.0592. The maximum Gasteiger partial charge on any atom is 0.402 e. The second kappa shape index (κ2) is 16.7. The van der Waals surface area contributed by atoms with Gasteiger partial charge in [-0.1, -0.05) is 12.1 Å². The van der Waals surface area contributed by atoms with Crippen molar-refractivity contribution < 1.29 is 88.3 Å². The second-order valence-electron chi connectivity index (χ2n) is 13.0. The Hall–Kier alpha value is -5.44. The summed E-state index contributed by atoms with van der Waals surface area (Å²) < 4.78 is 45.1. The van der Waals surface area contributed by atoms with Crippen LogP contribution < -0.4 is 14.2 Å². The number of aliphatic hydroxyl groups is 5. The van der Waals surface area contributed by atoms with Gasteiger partial charge >= 0.3 is 17.3 Å². The van der Waals surface area contributed by atoms with E-state index in [1.54, 1.807) is 12.1 Å². The second-order valence-corrected chi connectivity index (χ2v) is 13.0. The molecule has 10 atom stereocenters. The molecule has 56 heavy (non-hydrogen) atoms. The monoisotopic (exact) mass is 785 g/mol. The minimum atomic E-state index is -1.88. The summed E-state index contributed by atoms with van der Waals surface area (Å²) in [5.41, 5.74) is 0.772. The SMILES string of the molecule is COc1cc(-c2[o+]c3cc(O)cc(O)c3cc2O[C@@H]2OC(CO[C@@H]3OC(C)[C@H](OC(=O)/C=C/c4ccc(O)cc4)[C@H](O)C3O)[C@@H](O)C(O)C2O)cc(OC)c1O. The predicted octanol–water partition coefficient (Wildman–Crippen LogP) is 1.52. The average Bonchev–Trinajstić information content (AvgIpc) is 3.17. The third-order valence-electron chi connectivity index (χ3n) is 9.23. The van der Waals surface area contributed by atoms with Crippen molar-refractivity contribution in [2.45, 2.75) is 68.3 Å². The van der Waals surface area contributed by atoms with Crippen molar-refractivity contribution in [2.75, 3.05) is 20.8 Å². The zero-order valence-electron chi connectivity index (χ0n) is 30.0. The Morgan fingerprint density at radius 2 is 1.43 bits per heavy atom. The number of aliphatic hydroxyl groups excluding tert-OH is 5. The lowest BCUT2D eigenvalue weighted by atomic mass is 9.98. The van der Waals surface area contributed by atoms with Crippen LogP contribution in [0.4, 0.5) is 0 Å². The van der Waals surface area contributed by atoms with E-state index in [0.717, 1.165) is 12.1 Å². The molecule has 2 aliphatic heterocycles. The van der Waals surface area contributed by atoms with Gasteiger partial charge in [0.25, 0.3) is 0 Å². The number of methoxy groups -OCH3 is 2. The highest BCUT2D eigenvalue weighted by molar-refractivity contribution is 5.89. The van der Waals surface area contributed by atoms with Crippen LogP contribution in [0.2, 0.25) is 0 Å². The molecule has 0 aliphatic carbocycles. The number of hydrogen-bond acceptors (Lipinski definition) is 17. The average molecular weight is 786 g/mol. The molecule has 2 fully saturated rings. The first-order valence-electron chi connectivity index (χ1n) is 17.1. The van der Waals surface area contributed by atoms with Gasteiger partial charge in [0.05, 0.1) is 38.6 Å². The van der Waals surface area contributed by atoms with Crippen molar-refractivity contribution in [3.05, 3.63) is 66.2 Å². The predicted molar refractivity (Wildman–Crippen MR) is 191 cm³/mol. The van der Waals surface area contributed by atoms with Crippen LogP contribution in [-0.4, -0.2) is 134 Å². The van der Waals surface area contributed by atoms with Gasteiger partial charge in [0, 0.05) is 30.3 Å². The molecule has 2 aliphatic rings. The molecule has 300 valence electrons. The summed E-state index contributed by atoms with van der Waals surface area (Å²) in [5.74, 6) is -2.20. The van der Waals surface area contributed by atoms with Crippen LogP contribution in [0.5, 0.6) is 40.2 Å². The molecule has 9 N–H and O–H groups in total. The van der Waals surface area contributed by atoms with Crippen molar-refractivity contribution in [1.29, 1.82) is 0 Å². The number of fused-ring (bicyclic) bond motifs is 1. The summed E-state index contributed by atoms with van der Waals surface area (Å²) in [6, 6.07) is 12.3. The highest BCUT2D eigenvalue weighted by Gasteiger charge is 2.49. The van der Waals surface area contributed by atoms with E-state index in [-0.39, 0.29) is 56.8 Å². The van der Waals surface area contributed by atoms with Gasteiger partial charge < -0.3 is 79.1 Å². The zero-order chi connectivity index (χ0) is 40.4. The van der Waals surface area contributed by atoms with Gasteiger partial charge in [-0.3, -0.25) is 0 Å². The van der Waals surface area contributed by atoms with Gasteiger partial charge in [0.1, 0.15) is 59.3 Å². The first-order chi connectivity index (χ1) is 26.7. The highest BCUT2D eigenvalue weighted by Crippen LogP contribution is 2.45. The van der Waals surface area contributed by atoms with Crippen LogP contribution in [0.1, 0.15) is 12.5 Å². The molecule has 4 aromatic rings. The molecule has 1 aromatic heterocycles. The van der Waals surface area contributed by atoms with Crippen molar-refractivity contribution >= 4 is 23.0 Å². The summed E-state index contributed by atoms with van der Waals surface area (Å²) in [6.07, 6.45) is -13.5. The zero-order valence-corrected chi connectivity index (χ0v) is 30.0. The van der Waals surface area contributed by atoms with Crippen LogP contribution >= 0.6 is 0 Å². The van der Waals surface area contributed by atoms with Gasteiger partial charge in [0.15, 0.2) is 23.9 Å². The number of esters is 1. The van der Waals surface area contributed by atoms with Crippen LogP contribution in [0, 0.1) is 0 Å². The Morgan fingerprint density at radius 1 is 0.768 bits per heavy atom. The minimum absolute atomic E-state index is 0.00675. The number of carbonyl (C=O) groups is 1. The van der Waals surface area contributed by atoms with Crippen molar-refractivity contribution in [3.8, 4) is 51.6 Å². The molecular formula is C38H41O18+. The molecule has 2 saturated heterocycles. The van der Waals surface area contributed by atoms with Gasteiger partial charge in [-0.15, -0.1) is 0 Å². The first kappa shape index (κ1) is 40.2. The van der Waals surface area contributed by atoms with E-state index in [1.165, 1.54) is 63.6 Å². The molecule has 3 heterocycles. The molecule has 6 rings (SSSR count). The Balaban J connectivity index is 1.18. The van der Waals surface area contributed by atoms with Crippen LogP contribution in [0.3, 0.4) is 0 Å². The van der Waals surface area contributed by atoms with Crippen molar-refractivity contribution in [1.82, 2.24) is 0 Å². The Bertz CT molecular complexity index is 2030. The topological polar surface area (TPSA) is 275 Å². The molecule has 0 amide bonds. The Kier molecular flexibility index (Phi) is 12.0. The molecule has 0 spiro atoms. The Labute approximate surface area is 318 Å². The minimum Gasteiger partial charge on any atom is -0.508 e. The number of benzene rings is 3. The molecule has 0 bridgehead atoms. The van der Waals surface area contributed by atoms with Crippen LogP contribution in [0.25, 0.3) is 28.4 Å². The summed E-state index contributed by atoms with van der Waals surface area (Å²) in [4.78, 5) is 12.5. The lowest BCUT2D eigenvalue weighted by Crippen LogP contribution is -2.62. The molecule has 0 radical (unpaired) electrons. The fourth-order valence-corrected chi connectivity index (χ4v) is 6.19. The van der Waals surface area contributed by atoms with E-state index in [4.69, 9.17) is 37.6 Å². The normalized spacial score (nSPS) is 27.9. The standard InChI is InChI=1S/C38H40O18/c1-16-35(56-28(42)9-6-17-4-7-19(39)8-5-17)32(46)34(48)37(52-16)51-15-27-30(44)31(45)33(47)38(55-27)54-26-14-21-22(41)12-20(40)13-23(21)53-36(26)18-10-24(49-2)29(43)25(11-18)50-3/h4-14,16,27,30-35,37-38,44-48H,15H2,1-3H3,(H3-,39,40,41,42,43)/p+1/t16?,27?,30-,31?,32-,33?,34?,35+,37-,38-/m1/s1. The van der Waals surface area contributed by atoms with E-state index in [2.05, 4.69) is 0 Å². The van der Waals surface area contributed by atoms with E-state index in [1.807, 2.05) is 0 Å². The van der Waals surface area contributed by atoms with E-state index >= 15 is 0 Å². The lowest BCUT2D eigenvalue weighted by molar-refractivity contribution is -0.319. The van der Waals surface area contributed by atoms with Crippen molar-refractivity contribution in [2.24, 2.45) is 0 Å². The molecule has 18 heteroatoms. The summed E-state index contributed by atoms with van der Waals surface area (Å²) >= 11 is 0. The molecule has 0 saturated carbocycles. The molecule has 3 aromatic carbocycles. The van der Waals surface area contributed by atoms with Crippen molar-refractivity contribution in [3.63, 3.8) is 0 Å². The molecular weight excluding hydrogens is 744 g/mol. The molecule has 18 nitrogen and oxygen atoms in total. The third-order valence-corrected chi connectivity index (χ3v) is 9.23. The van der Waals surface area contributed by atoms with Crippen LogP contribution in [0.15, 0.2) is 65.1 Å². The third kappa shape index (κ3) is 8.37. The summed E-state index contributed by atoms with van der Waals surface area (Å²) in [5, 5.41) is 95.0. The number of aromatic hydroxyl groups is 4. The molecule has 5 unspecified atom stereocenters. The lowest BCUT2D eigenvalue weighted by Gasteiger charge is -2.42. The number of rotatable bonds is 11. The van der Waals surface area contributed by atoms with Gasteiger partial charge in [-0.25, -0.2) is 9.21 Å². The fraction of sp³-hybridized carbons (Fsp3) is 0.368. The summed E-state index contributed by atoms with van der Waals surface area (Å²) in [7, 11) is 2.60. The number of phenolic OH excluding ortho intramolecular Hbond substituents is 4. The number of ether oxygens (including phenoxy) is 7.